The van der Waals surface area contributed by atoms with E-state index in [1.54, 1.807) is 0 Å². The topological polar surface area (TPSA) is 0 Å². The maximum absolute atomic E-state index is 11.6. The zero-order valence-electron chi connectivity index (χ0n) is 3.37. The molecular formula is C3H4Br2F2. The Morgan fingerprint density at radius 3 is 1.43 bits per heavy atom. The van der Waals surface area contributed by atoms with E-state index in [4.69, 9.17) is 0 Å². The third kappa shape index (κ3) is 6.82. The van der Waals surface area contributed by atoms with Crippen LogP contribution in [0, 0.1) is 0 Å². The van der Waals surface area contributed by atoms with Crippen molar-refractivity contribution in [3.63, 3.8) is 0 Å². The van der Waals surface area contributed by atoms with Crippen LogP contribution in [0.3, 0.4) is 0 Å². The van der Waals surface area contributed by atoms with Gasteiger partial charge >= 0.3 is 0 Å². The summed E-state index contributed by atoms with van der Waals surface area (Å²) >= 11 is 5.08. The summed E-state index contributed by atoms with van der Waals surface area (Å²) < 4.78 is 23.2. The van der Waals surface area contributed by atoms with Crippen LogP contribution in [0.4, 0.5) is 8.78 Å². The third-order valence-electron chi connectivity index (χ3n) is 0.356. The van der Waals surface area contributed by atoms with Gasteiger partial charge in [0.1, 0.15) is 0 Å². The summed E-state index contributed by atoms with van der Waals surface area (Å²) in [5, 5.41) is -2.47. The van der Waals surface area contributed by atoms with E-state index in [-0.39, 0.29) is 6.42 Å². The molecule has 0 rings (SSSR count). The Balaban J connectivity index is 2.95. The van der Waals surface area contributed by atoms with Gasteiger partial charge in [-0.1, -0.05) is 31.9 Å². The average molecular weight is 238 g/mol. The first-order valence-electron chi connectivity index (χ1n) is 1.69. The first kappa shape index (κ1) is 7.82. The fourth-order valence-corrected chi connectivity index (χ4v) is 1.29. The Labute approximate surface area is 57.5 Å². The van der Waals surface area contributed by atoms with E-state index in [9.17, 15) is 8.78 Å². The molecule has 0 aromatic rings. The lowest BCUT2D eigenvalue weighted by atomic mass is 10.5. The van der Waals surface area contributed by atoms with Gasteiger partial charge in [-0.15, -0.1) is 0 Å². The van der Waals surface area contributed by atoms with Crippen LogP contribution in [-0.4, -0.2) is 10.2 Å². The van der Waals surface area contributed by atoms with Crippen molar-refractivity contribution in [3.05, 3.63) is 0 Å². The molecule has 2 unspecified atom stereocenters. The molecule has 0 saturated carbocycles. The Bertz CT molecular complexity index is 40.2. The van der Waals surface area contributed by atoms with Gasteiger partial charge in [0.2, 0.25) is 0 Å². The Hall–Kier alpha value is 0.820. The molecule has 44 valence electrons. The minimum Gasteiger partial charge on any atom is -0.235 e. The zero-order chi connectivity index (χ0) is 5.86. The van der Waals surface area contributed by atoms with Crippen molar-refractivity contribution in [2.24, 2.45) is 0 Å². The molecule has 0 nitrogen and oxygen atoms in total. The van der Waals surface area contributed by atoms with Crippen LogP contribution in [0.5, 0.6) is 0 Å². The molecule has 0 fully saturated rings. The maximum Gasteiger partial charge on any atom is 0.158 e. The number of hydrogen-bond acceptors (Lipinski definition) is 0. The first-order chi connectivity index (χ1) is 3.13. The van der Waals surface area contributed by atoms with E-state index < -0.39 is 10.2 Å². The van der Waals surface area contributed by atoms with E-state index in [0.29, 0.717) is 0 Å². The lowest BCUT2D eigenvalue weighted by molar-refractivity contribution is 0.356. The highest BCUT2D eigenvalue weighted by Gasteiger charge is 2.06. The monoisotopic (exact) mass is 236 g/mol. The predicted octanol–water partition coefficient (Wildman–Crippen LogP) is 2.76. The molecule has 0 aliphatic carbocycles. The van der Waals surface area contributed by atoms with E-state index in [1.165, 1.54) is 0 Å². The maximum atomic E-state index is 11.6. The molecule has 0 aliphatic heterocycles. The average Bonchev–Trinajstić information content (AvgIpc) is 1.27. The van der Waals surface area contributed by atoms with Crippen LogP contribution in [0.15, 0.2) is 0 Å². The van der Waals surface area contributed by atoms with Gasteiger partial charge in [-0.05, 0) is 0 Å². The van der Waals surface area contributed by atoms with Crippen LogP contribution in [-0.2, 0) is 0 Å². The van der Waals surface area contributed by atoms with Crippen molar-refractivity contribution in [2.75, 3.05) is 0 Å². The summed E-state index contributed by atoms with van der Waals surface area (Å²) in [6.07, 6.45) is -0.139. The molecule has 0 heterocycles. The quantitative estimate of drug-likeness (QED) is 0.648. The summed E-state index contributed by atoms with van der Waals surface area (Å²) in [7, 11) is 0. The summed E-state index contributed by atoms with van der Waals surface area (Å²) in [5.74, 6) is 0. The van der Waals surface area contributed by atoms with Crippen molar-refractivity contribution in [3.8, 4) is 0 Å². The van der Waals surface area contributed by atoms with Gasteiger partial charge in [-0.3, -0.25) is 0 Å². The lowest BCUT2D eigenvalue weighted by Crippen LogP contribution is -1.94. The number of hydrogen-bond donors (Lipinski definition) is 0. The molecule has 0 saturated heterocycles. The zero-order valence-corrected chi connectivity index (χ0v) is 6.55. The van der Waals surface area contributed by atoms with Crippen molar-refractivity contribution in [2.45, 2.75) is 16.6 Å². The summed E-state index contributed by atoms with van der Waals surface area (Å²) in [5.41, 5.74) is 0. The van der Waals surface area contributed by atoms with Gasteiger partial charge in [0, 0.05) is 6.42 Å². The van der Waals surface area contributed by atoms with Gasteiger partial charge in [0.25, 0.3) is 0 Å². The second kappa shape index (κ2) is 3.78. The van der Waals surface area contributed by atoms with E-state index in [2.05, 4.69) is 31.9 Å². The fraction of sp³-hybridized carbons (Fsp3) is 1.00. The molecular weight excluding hydrogens is 234 g/mol. The fourth-order valence-electron chi connectivity index (χ4n) is 0.135. The largest absolute Gasteiger partial charge is 0.235 e. The summed E-state index contributed by atoms with van der Waals surface area (Å²) in [6.45, 7) is 0. The van der Waals surface area contributed by atoms with E-state index >= 15 is 0 Å². The highest BCUT2D eigenvalue weighted by atomic mass is 79.9. The van der Waals surface area contributed by atoms with Crippen molar-refractivity contribution >= 4 is 31.9 Å². The second-order valence-corrected chi connectivity index (χ2v) is 3.01. The van der Waals surface area contributed by atoms with Gasteiger partial charge in [-0.25, -0.2) is 8.78 Å². The number of rotatable bonds is 2. The van der Waals surface area contributed by atoms with Gasteiger partial charge in [0.05, 0.1) is 0 Å². The smallest absolute Gasteiger partial charge is 0.158 e. The Morgan fingerprint density at radius 2 is 1.43 bits per heavy atom. The molecule has 0 amide bonds. The third-order valence-corrected chi connectivity index (χ3v) is 1.10. The van der Waals surface area contributed by atoms with Gasteiger partial charge < -0.3 is 0 Å². The van der Waals surface area contributed by atoms with E-state index in [1.807, 2.05) is 0 Å². The molecule has 0 spiro atoms. The number of halogens is 4. The normalized spacial score (nSPS) is 18.9. The first-order valence-corrected chi connectivity index (χ1v) is 3.52. The highest BCUT2D eigenvalue weighted by molar-refractivity contribution is 9.10. The predicted molar refractivity (Wildman–Crippen MR) is 32.3 cm³/mol. The Morgan fingerprint density at radius 1 is 1.14 bits per heavy atom. The molecule has 7 heavy (non-hydrogen) atoms. The minimum absolute atomic E-state index is 0.139. The van der Waals surface area contributed by atoms with Crippen LogP contribution in [0.25, 0.3) is 0 Å². The minimum atomic E-state index is -1.23. The van der Waals surface area contributed by atoms with Crippen LogP contribution in [0.1, 0.15) is 6.42 Å². The standard InChI is InChI=1S/C3H4Br2F2/c4-2(6)1-3(5)7/h2-3H,1H2. The molecule has 2 atom stereocenters. The Kier molecular flexibility index (Phi) is 4.22. The van der Waals surface area contributed by atoms with Crippen LogP contribution >= 0.6 is 31.9 Å². The second-order valence-electron chi connectivity index (χ2n) is 1.02. The molecule has 0 bridgehead atoms. The molecule has 0 aromatic carbocycles. The number of alkyl halides is 4. The van der Waals surface area contributed by atoms with Gasteiger partial charge in [-0.2, -0.15) is 0 Å². The van der Waals surface area contributed by atoms with Crippen molar-refractivity contribution in [1.82, 2.24) is 0 Å². The van der Waals surface area contributed by atoms with Crippen molar-refractivity contribution < 1.29 is 8.78 Å². The van der Waals surface area contributed by atoms with Crippen LogP contribution in [0.2, 0.25) is 0 Å². The summed E-state index contributed by atoms with van der Waals surface area (Å²) in [6, 6.07) is 0. The molecule has 0 aliphatic rings. The molecule has 0 N–H and O–H groups in total. The van der Waals surface area contributed by atoms with E-state index in [0.717, 1.165) is 0 Å². The van der Waals surface area contributed by atoms with Crippen molar-refractivity contribution in [1.29, 1.82) is 0 Å². The summed E-state index contributed by atoms with van der Waals surface area (Å²) in [4.78, 5) is 0. The van der Waals surface area contributed by atoms with Crippen LogP contribution < -0.4 is 0 Å². The van der Waals surface area contributed by atoms with Gasteiger partial charge in [0.15, 0.2) is 10.2 Å². The lowest BCUT2D eigenvalue weighted by Gasteiger charge is -1.95. The highest BCUT2D eigenvalue weighted by Crippen LogP contribution is 2.15. The molecule has 0 radical (unpaired) electrons. The molecule has 4 heteroatoms. The molecule has 0 aromatic heterocycles. The SMILES string of the molecule is FC(Br)CC(F)Br.